The van der Waals surface area contributed by atoms with E-state index in [1.165, 1.54) is 6.92 Å². The van der Waals surface area contributed by atoms with Crippen molar-refractivity contribution >= 4 is 17.5 Å². The molecule has 3 atom stereocenters. The Labute approximate surface area is 254 Å². The predicted octanol–water partition coefficient (Wildman–Crippen LogP) is 4.62. The fraction of sp³-hybridized carbons (Fsp3) is 0.545. The maximum absolute atomic E-state index is 13.8. The van der Waals surface area contributed by atoms with Gasteiger partial charge in [-0.05, 0) is 73.9 Å². The highest BCUT2D eigenvalue weighted by Gasteiger charge is 2.30. The zero-order valence-corrected chi connectivity index (χ0v) is 26.7. The minimum atomic E-state index is -0.622. The number of fused-ring (bicyclic) bond motifs is 3. The third-order valence-electron chi connectivity index (χ3n) is 7.79. The van der Waals surface area contributed by atoms with Gasteiger partial charge in [0.2, 0.25) is 23.0 Å². The first-order chi connectivity index (χ1) is 20.6. The van der Waals surface area contributed by atoms with Gasteiger partial charge in [-0.3, -0.25) is 14.4 Å². The number of hydrogen-bond donors (Lipinski definition) is 3. The molecule has 0 unspecified atom stereocenters. The largest absolute Gasteiger partial charge is 0.493 e. The Morgan fingerprint density at radius 2 is 1.74 bits per heavy atom. The quantitative estimate of drug-likeness (QED) is 0.270. The zero-order chi connectivity index (χ0) is 31.7. The molecule has 10 heteroatoms. The monoisotopic (exact) mass is 597 g/mol. The van der Waals surface area contributed by atoms with Crippen molar-refractivity contribution in [3.8, 4) is 28.4 Å². The van der Waals surface area contributed by atoms with Gasteiger partial charge in [0.1, 0.15) is 6.04 Å². The van der Waals surface area contributed by atoms with Crippen molar-refractivity contribution in [1.29, 1.82) is 0 Å². The summed E-state index contributed by atoms with van der Waals surface area (Å²) in [6, 6.07) is 5.98. The smallest absolute Gasteiger partial charge is 0.242 e. The van der Waals surface area contributed by atoms with E-state index in [-0.39, 0.29) is 29.3 Å². The molecule has 3 N–H and O–H groups in total. The molecule has 1 aliphatic rings. The molecule has 10 nitrogen and oxygen atoms in total. The van der Waals surface area contributed by atoms with Crippen LogP contribution in [0.3, 0.4) is 0 Å². The molecule has 0 saturated carbocycles. The Morgan fingerprint density at radius 1 is 1.02 bits per heavy atom. The molecule has 43 heavy (non-hydrogen) atoms. The van der Waals surface area contributed by atoms with E-state index in [4.69, 9.17) is 18.9 Å². The number of nitrogens with one attached hydrogen (secondary N) is 3. The van der Waals surface area contributed by atoms with Gasteiger partial charge in [0.15, 0.2) is 11.5 Å². The van der Waals surface area contributed by atoms with Crippen LogP contribution in [-0.2, 0) is 20.7 Å². The van der Waals surface area contributed by atoms with Crippen molar-refractivity contribution in [2.24, 2.45) is 5.92 Å². The summed E-state index contributed by atoms with van der Waals surface area (Å²) in [6.45, 7) is 10.4. The summed E-state index contributed by atoms with van der Waals surface area (Å²) in [5, 5.41) is 9.25. The molecule has 0 fully saturated rings. The topological polar surface area (TPSA) is 124 Å². The summed E-state index contributed by atoms with van der Waals surface area (Å²) >= 11 is 0. The van der Waals surface area contributed by atoms with Crippen LogP contribution in [0, 0.1) is 5.92 Å². The molecule has 2 aromatic rings. The Bertz CT molecular complexity index is 1340. The third kappa shape index (κ3) is 8.19. The molecule has 0 spiro atoms. The van der Waals surface area contributed by atoms with Gasteiger partial charge in [-0.25, -0.2) is 0 Å². The first-order valence-corrected chi connectivity index (χ1v) is 15.0. The number of aryl methyl sites for hydroxylation is 1. The lowest BCUT2D eigenvalue weighted by Crippen LogP contribution is -2.44. The van der Waals surface area contributed by atoms with Crippen LogP contribution in [0.1, 0.15) is 71.0 Å². The average molecular weight is 598 g/mol. The second-order valence-electron chi connectivity index (χ2n) is 11.2. The van der Waals surface area contributed by atoms with E-state index < -0.39 is 12.1 Å². The number of benzene rings is 1. The Kier molecular flexibility index (Phi) is 12.2. The first kappa shape index (κ1) is 33.7. The van der Waals surface area contributed by atoms with E-state index in [9.17, 15) is 14.4 Å². The van der Waals surface area contributed by atoms with Crippen LogP contribution in [0.15, 0.2) is 29.1 Å². The van der Waals surface area contributed by atoms with E-state index in [1.807, 2.05) is 39.8 Å². The second-order valence-corrected chi connectivity index (χ2v) is 11.2. The summed E-state index contributed by atoms with van der Waals surface area (Å²) in [7, 11) is 4.68. The first-order valence-electron chi connectivity index (χ1n) is 15.0. The minimum Gasteiger partial charge on any atom is -0.493 e. The highest BCUT2D eigenvalue weighted by Crippen LogP contribution is 2.50. The van der Waals surface area contributed by atoms with Gasteiger partial charge >= 0.3 is 0 Å². The zero-order valence-electron chi connectivity index (χ0n) is 26.7. The molecule has 0 bridgehead atoms. The molecule has 236 valence electrons. The predicted molar refractivity (Wildman–Crippen MR) is 168 cm³/mol. The minimum absolute atomic E-state index is 0.0423. The average Bonchev–Trinajstić information content (AvgIpc) is 3.22. The number of ether oxygens (including phenoxy) is 4. The molecule has 2 amide bonds. The lowest BCUT2D eigenvalue weighted by molar-refractivity contribution is -0.123. The molecule has 1 aliphatic carbocycles. The van der Waals surface area contributed by atoms with E-state index in [1.54, 1.807) is 33.5 Å². The highest BCUT2D eigenvalue weighted by atomic mass is 16.5. The van der Waals surface area contributed by atoms with Crippen LogP contribution in [-0.4, -0.2) is 58.4 Å². The second kappa shape index (κ2) is 15.6. The van der Waals surface area contributed by atoms with E-state index in [0.717, 1.165) is 23.1 Å². The molecule has 0 heterocycles. The van der Waals surface area contributed by atoms with E-state index >= 15 is 0 Å². The van der Waals surface area contributed by atoms with Crippen LogP contribution in [0.4, 0.5) is 5.69 Å². The van der Waals surface area contributed by atoms with Crippen molar-refractivity contribution < 1.29 is 28.5 Å². The highest BCUT2D eigenvalue weighted by molar-refractivity contribution is 5.86. The normalized spacial score (nSPS) is 15.3. The van der Waals surface area contributed by atoms with E-state index in [0.29, 0.717) is 60.9 Å². The Morgan fingerprint density at radius 3 is 2.35 bits per heavy atom. The third-order valence-corrected chi connectivity index (χ3v) is 7.79. The SMILES string of the molecule is CC[C@H](C)[C@H](Nc1ccc2c(cc1=O)[C@@H](NC(C)=O)CCc1cc(OC)c(OC)c(OC)c1-2)C(=O)NCCCOC(C)C. The Hall–Kier alpha value is -3.79. The van der Waals surface area contributed by atoms with Crippen molar-refractivity contribution in [2.75, 3.05) is 39.8 Å². The maximum Gasteiger partial charge on any atom is 0.242 e. The number of rotatable bonds is 14. The van der Waals surface area contributed by atoms with Gasteiger partial charge in [-0.1, -0.05) is 26.3 Å². The summed E-state index contributed by atoms with van der Waals surface area (Å²) in [5.41, 5.74) is 3.10. The van der Waals surface area contributed by atoms with Gasteiger partial charge in [0, 0.05) is 25.6 Å². The summed E-state index contributed by atoms with van der Waals surface area (Å²) in [6.07, 6.45) is 2.73. The molecular formula is C33H47N3O7. The summed E-state index contributed by atoms with van der Waals surface area (Å²) in [5.74, 6) is 1.03. The van der Waals surface area contributed by atoms with Crippen LogP contribution < -0.4 is 35.6 Å². The number of carbonyl (C=O) groups is 2. The van der Waals surface area contributed by atoms with Crippen molar-refractivity contribution in [1.82, 2.24) is 10.6 Å². The van der Waals surface area contributed by atoms with Gasteiger partial charge < -0.3 is 34.9 Å². The lowest BCUT2D eigenvalue weighted by Gasteiger charge is -2.24. The van der Waals surface area contributed by atoms with Gasteiger partial charge in [-0.15, -0.1) is 0 Å². The Balaban J connectivity index is 2.10. The van der Waals surface area contributed by atoms with Gasteiger partial charge in [0.25, 0.3) is 0 Å². The fourth-order valence-electron chi connectivity index (χ4n) is 5.41. The number of anilines is 1. The van der Waals surface area contributed by atoms with Crippen molar-refractivity contribution in [3.63, 3.8) is 0 Å². The summed E-state index contributed by atoms with van der Waals surface area (Å²) < 4.78 is 22.7. The molecule has 0 radical (unpaired) electrons. The van der Waals surface area contributed by atoms with Crippen molar-refractivity contribution in [2.45, 2.75) is 78.5 Å². The van der Waals surface area contributed by atoms with Crippen LogP contribution >= 0.6 is 0 Å². The number of hydrogen-bond acceptors (Lipinski definition) is 8. The molecule has 0 aromatic heterocycles. The maximum atomic E-state index is 13.8. The van der Waals surface area contributed by atoms with Crippen LogP contribution in [0.5, 0.6) is 17.2 Å². The van der Waals surface area contributed by atoms with Gasteiger partial charge in [-0.2, -0.15) is 0 Å². The van der Waals surface area contributed by atoms with E-state index in [2.05, 4.69) is 16.0 Å². The van der Waals surface area contributed by atoms with Crippen molar-refractivity contribution in [3.05, 3.63) is 45.6 Å². The van der Waals surface area contributed by atoms with Gasteiger partial charge in [0.05, 0.1) is 39.2 Å². The molecule has 0 saturated heterocycles. The number of amides is 2. The summed E-state index contributed by atoms with van der Waals surface area (Å²) in [4.78, 5) is 39.3. The lowest BCUT2D eigenvalue weighted by atomic mass is 9.95. The number of methoxy groups -OCH3 is 3. The molecular weight excluding hydrogens is 550 g/mol. The molecule has 2 aromatic carbocycles. The molecule has 3 rings (SSSR count). The van der Waals surface area contributed by atoms with Crippen LogP contribution in [0.25, 0.3) is 11.1 Å². The fourth-order valence-corrected chi connectivity index (χ4v) is 5.41. The number of carbonyl (C=O) groups excluding carboxylic acids is 2. The van der Waals surface area contributed by atoms with Crippen LogP contribution in [0.2, 0.25) is 0 Å². The standard InChI is InChI=1S/C33H47N3O7/c1-9-20(4)30(33(39)34-15-10-16-43-19(2)3)36-26-14-12-23-24(18-27(26)38)25(35-21(5)37)13-11-22-17-28(40-6)31(41-7)32(42-8)29(22)23/h12,14,17-20,25,30H,9-11,13,15-16H2,1-8H3,(H,34,39)(H,35,37)(H,36,38)/t20-,25-,30-/m0/s1. The molecule has 0 aliphatic heterocycles.